The average Bonchev–Trinajstić information content (AvgIpc) is 2.40. The molecule has 1 saturated heterocycles. The predicted molar refractivity (Wildman–Crippen MR) is 90.4 cm³/mol. The maximum atomic E-state index is 12.5. The lowest BCUT2D eigenvalue weighted by molar-refractivity contribution is 0.248. The van der Waals surface area contributed by atoms with Gasteiger partial charge in [0.25, 0.3) is 0 Å². The number of piperidine rings is 1. The monoisotopic (exact) mass is 324 g/mol. The van der Waals surface area contributed by atoms with E-state index < -0.39 is 10.0 Å². The van der Waals surface area contributed by atoms with Crippen molar-refractivity contribution in [3.63, 3.8) is 0 Å². The smallest absolute Gasteiger partial charge is 0.240 e. The number of rotatable bonds is 4. The maximum absolute atomic E-state index is 12.5. The fourth-order valence-corrected chi connectivity index (χ4v) is 4.12. The van der Waals surface area contributed by atoms with Crippen molar-refractivity contribution in [3.05, 3.63) is 29.8 Å². The van der Waals surface area contributed by atoms with E-state index >= 15 is 0 Å². The van der Waals surface area contributed by atoms with E-state index in [4.69, 9.17) is 0 Å². The molecule has 0 aromatic heterocycles. The quantitative estimate of drug-likeness (QED) is 0.926. The van der Waals surface area contributed by atoms with Crippen LogP contribution in [0.2, 0.25) is 0 Å². The Hall–Kier alpha value is -0.910. The Bertz CT molecular complexity index is 580. The number of nitrogens with zero attached hydrogens (tertiary/aromatic N) is 1. The van der Waals surface area contributed by atoms with Crippen molar-refractivity contribution in [2.45, 2.75) is 51.0 Å². The van der Waals surface area contributed by atoms with Crippen LogP contribution in [0.15, 0.2) is 29.2 Å². The molecule has 1 aliphatic heterocycles. The fourth-order valence-electron chi connectivity index (χ4n) is 2.81. The van der Waals surface area contributed by atoms with Gasteiger partial charge < -0.3 is 4.90 Å². The Labute approximate surface area is 135 Å². The highest BCUT2D eigenvalue weighted by atomic mass is 32.2. The van der Waals surface area contributed by atoms with Crippen LogP contribution < -0.4 is 4.72 Å². The molecule has 0 saturated carbocycles. The molecule has 0 atom stereocenters. The molecule has 22 heavy (non-hydrogen) atoms. The van der Waals surface area contributed by atoms with Crippen LogP contribution in [0.4, 0.5) is 0 Å². The zero-order valence-corrected chi connectivity index (χ0v) is 14.9. The third-order valence-electron chi connectivity index (χ3n) is 4.01. The summed E-state index contributed by atoms with van der Waals surface area (Å²) in [5, 5.41) is 0. The minimum atomic E-state index is -3.41. The van der Waals surface area contributed by atoms with Crippen molar-refractivity contribution in [2.24, 2.45) is 5.41 Å². The zero-order chi connectivity index (χ0) is 16.4. The molecule has 1 aromatic rings. The summed E-state index contributed by atoms with van der Waals surface area (Å²) in [7, 11) is -1.34. The van der Waals surface area contributed by atoms with Gasteiger partial charge in [-0.2, -0.15) is 0 Å². The lowest BCUT2D eigenvalue weighted by Crippen LogP contribution is -2.43. The predicted octanol–water partition coefficient (Wildman–Crippen LogP) is 2.65. The molecule has 0 spiro atoms. The zero-order valence-electron chi connectivity index (χ0n) is 14.1. The third-order valence-corrected chi connectivity index (χ3v) is 5.54. The molecule has 1 N–H and O–H groups in total. The molecule has 0 unspecified atom stereocenters. The topological polar surface area (TPSA) is 49.4 Å². The highest BCUT2D eigenvalue weighted by Gasteiger charge is 2.23. The number of hydrogen-bond acceptors (Lipinski definition) is 3. The molecule has 0 amide bonds. The van der Waals surface area contributed by atoms with Crippen LogP contribution in [0.5, 0.6) is 0 Å². The molecular formula is C17H28N2O2S. The van der Waals surface area contributed by atoms with Gasteiger partial charge in [-0.25, -0.2) is 13.1 Å². The molecule has 0 aliphatic carbocycles. The van der Waals surface area contributed by atoms with Crippen molar-refractivity contribution >= 4 is 10.0 Å². The second-order valence-electron chi connectivity index (χ2n) is 7.58. The van der Waals surface area contributed by atoms with Gasteiger partial charge in [0.2, 0.25) is 10.0 Å². The summed E-state index contributed by atoms with van der Waals surface area (Å²) in [5.41, 5.74) is 1.37. The van der Waals surface area contributed by atoms with E-state index in [9.17, 15) is 8.42 Å². The highest BCUT2D eigenvalue weighted by molar-refractivity contribution is 7.89. The first kappa shape index (κ1) is 17.4. The van der Waals surface area contributed by atoms with E-state index in [1.165, 1.54) is 5.56 Å². The Balaban J connectivity index is 2.03. The molecule has 4 nitrogen and oxygen atoms in total. The van der Waals surface area contributed by atoms with Crippen molar-refractivity contribution in [2.75, 3.05) is 20.1 Å². The van der Waals surface area contributed by atoms with E-state index in [2.05, 4.69) is 37.4 Å². The molecular weight excluding hydrogens is 296 g/mol. The van der Waals surface area contributed by atoms with Crippen LogP contribution >= 0.6 is 0 Å². The first-order valence-corrected chi connectivity index (χ1v) is 9.44. The van der Waals surface area contributed by atoms with Gasteiger partial charge in [0.15, 0.2) is 0 Å². The molecule has 124 valence electrons. The van der Waals surface area contributed by atoms with Gasteiger partial charge in [0.1, 0.15) is 0 Å². The van der Waals surface area contributed by atoms with Gasteiger partial charge in [0, 0.05) is 6.04 Å². The summed E-state index contributed by atoms with van der Waals surface area (Å²) in [5.74, 6) is 0. The van der Waals surface area contributed by atoms with Crippen LogP contribution in [-0.2, 0) is 16.4 Å². The first-order valence-electron chi connectivity index (χ1n) is 7.95. The molecule has 0 radical (unpaired) electrons. The second-order valence-corrected chi connectivity index (χ2v) is 9.29. The molecule has 5 heteroatoms. The van der Waals surface area contributed by atoms with Gasteiger partial charge in [-0.1, -0.05) is 32.9 Å². The van der Waals surface area contributed by atoms with Crippen LogP contribution in [-0.4, -0.2) is 39.5 Å². The summed E-state index contributed by atoms with van der Waals surface area (Å²) in [6.45, 7) is 8.42. The summed E-state index contributed by atoms with van der Waals surface area (Å²) < 4.78 is 27.8. The standard InChI is InChI=1S/C17H28N2O2S/c1-17(2,3)13-14-5-7-16(8-6-14)22(20,21)18-15-9-11-19(4)12-10-15/h5-8,15,18H,9-13H2,1-4H3. The van der Waals surface area contributed by atoms with Crippen LogP contribution in [0.3, 0.4) is 0 Å². The largest absolute Gasteiger partial charge is 0.306 e. The van der Waals surface area contributed by atoms with Crippen LogP contribution in [0.1, 0.15) is 39.2 Å². The van der Waals surface area contributed by atoms with E-state index in [-0.39, 0.29) is 11.5 Å². The third kappa shape index (κ3) is 5.07. The fraction of sp³-hybridized carbons (Fsp3) is 0.647. The summed E-state index contributed by atoms with van der Waals surface area (Å²) in [4.78, 5) is 2.59. The summed E-state index contributed by atoms with van der Waals surface area (Å²) in [6.07, 6.45) is 2.69. The number of nitrogens with one attached hydrogen (secondary N) is 1. The van der Waals surface area contributed by atoms with Crippen molar-refractivity contribution in [3.8, 4) is 0 Å². The van der Waals surface area contributed by atoms with E-state index in [1.807, 2.05) is 12.1 Å². The van der Waals surface area contributed by atoms with Crippen molar-refractivity contribution in [1.29, 1.82) is 0 Å². The Morgan fingerprint density at radius 2 is 1.68 bits per heavy atom. The maximum Gasteiger partial charge on any atom is 0.240 e. The molecule has 0 bridgehead atoms. The van der Waals surface area contributed by atoms with E-state index in [0.29, 0.717) is 4.90 Å². The molecule has 1 heterocycles. The molecule has 1 aliphatic rings. The second kappa shape index (κ2) is 6.69. The lowest BCUT2D eigenvalue weighted by Gasteiger charge is -2.29. The average molecular weight is 324 g/mol. The highest BCUT2D eigenvalue weighted by Crippen LogP contribution is 2.22. The van der Waals surface area contributed by atoms with Crippen molar-refractivity contribution in [1.82, 2.24) is 9.62 Å². The number of sulfonamides is 1. The SMILES string of the molecule is CN1CCC(NS(=O)(=O)c2ccc(CC(C)(C)C)cc2)CC1. The summed E-state index contributed by atoms with van der Waals surface area (Å²) in [6, 6.07) is 7.34. The van der Waals surface area contributed by atoms with Crippen LogP contribution in [0.25, 0.3) is 0 Å². The van der Waals surface area contributed by atoms with Crippen molar-refractivity contribution < 1.29 is 8.42 Å². The van der Waals surface area contributed by atoms with E-state index in [0.717, 1.165) is 32.4 Å². The van der Waals surface area contributed by atoms with Gasteiger partial charge in [-0.3, -0.25) is 0 Å². The normalized spacial score (nSPS) is 18.5. The van der Waals surface area contributed by atoms with Gasteiger partial charge in [-0.15, -0.1) is 0 Å². The van der Waals surface area contributed by atoms with E-state index in [1.54, 1.807) is 12.1 Å². The number of likely N-dealkylation sites (tertiary alicyclic amines) is 1. The van der Waals surface area contributed by atoms with Gasteiger partial charge >= 0.3 is 0 Å². The minimum Gasteiger partial charge on any atom is -0.306 e. The van der Waals surface area contributed by atoms with Gasteiger partial charge in [0.05, 0.1) is 4.90 Å². The molecule has 1 aromatic carbocycles. The summed E-state index contributed by atoms with van der Waals surface area (Å²) >= 11 is 0. The number of hydrogen-bond donors (Lipinski definition) is 1. The van der Waals surface area contributed by atoms with Crippen LogP contribution in [0, 0.1) is 5.41 Å². The first-order chi connectivity index (χ1) is 10.2. The minimum absolute atomic E-state index is 0.0513. The molecule has 2 rings (SSSR count). The lowest BCUT2D eigenvalue weighted by atomic mass is 9.88. The molecule has 1 fully saturated rings. The Kier molecular flexibility index (Phi) is 5.30. The Morgan fingerprint density at radius 1 is 1.14 bits per heavy atom. The Morgan fingerprint density at radius 3 is 2.18 bits per heavy atom. The van der Waals surface area contributed by atoms with Gasteiger partial charge in [-0.05, 0) is 62.5 Å². The number of benzene rings is 1.